The summed E-state index contributed by atoms with van der Waals surface area (Å²) in [5.74, 6) is 1.71. The van der Waals surface area contributed by atoms with E-state index in [2.05, 4.69) is 25.8 Å². The van der Waals surface area contributed by atoms with E-state index in [0.717, 1.165) is 24.5 Å². The molecule has 2 N–H and O–H groups in total. The van der Waals surface area contributed by atoms with Crippen molar-refractivity contribution >= 4 is 0 Å². The smallest absolute Gasteiger partial charge is 0.195 e. The van der Waals surface area contributed by atoms with Crippen molar-refractivity contribution in [3.63, 3.8) is 0 Å². The van der Waals surface area contributed by atoms with Crippen LogP contribution in [0.4, 0.5) is 0 Å². The zero-order valence-electron chi connectivity index (χ0n) is 8.63. The molecule has 1 rings (SSSR count). The maximum atomic E-state index is 5.59. The van der Waals surface area contributed by atoms with Crippen molar-refractivity contribution in [2.45, 2.75) is 39.0 Å². The molecule has 0 saturated heterocycles. The van der Waals surface area contributed by atoms with Gasteiger partial charge in [0.05, 0.1) is 6.20 Å². The maximum absolute atomic E-state index is 5.59. The zero-order chi connectivity index (χ0) is 9.90. The molecule has 0 aromatic carbocycles. The highest BCUT2D eigenvalue weighted by atomic mass is 16.4. The number of oxazole rings is 1. The fraction of sp³-hybridized carbons (Fsp3) is 0.700. The van der Waals surface area contributed by atoms with Gasteiger partial charge in [0.1, 0.15) is 5.76 Å². The first-order valence-corrected chi connectivity index (χ1v) is 4.75. The fourth-order valence-corrected chi connectivity index (χ4v) is 1.04. The molecule has 3 heteroatoms. The standard InChI is InChI=1S/C10H18N2O/c1-4-10(2,3)8-7-12-9(13-8)5-6-11/h7H,4-6,11H2,1-3H3. The van der Waals surface area contributed by atoms with Crippen molar-refractivity contribution in [2.75, 3.05) is 6.54 Å². The van der Waals surface area contributed by atoms with Gasteiger partial charge in [-0.15, -0.1) is 0 Å². The van der Waals surface area contributed by atoms with Crippen LogP contribution in [-0.2, 0) is 11.8 Å². The van der Waals surface area contributed by atoms with Crippen LogP contribution in [0.5, 0.6) is 0 Å². The van der Waals surface area contributed by atoms with Crippen molar-refractivity contribution < 1.29 is 4.42 Å². The molecule has 74 valence electrons. The molecule has 0 aliphatic heterocycles. The Kier molecular flexibility index (Phi) is 3.09. The summed E-state index contributed by atoms with van der Waals surface area (Å²) in [5.41, 5.74) is 5.49. The summed E-state index contributed by atoms with van der Waals surface area (Å²) in [6, 6.07) is 0. The summed E-state index contributed by atoms with van der Waals surface area (Å²) in [6.07, 6.45) is 3.58. The fourth-order valence-electron chi connectivity index (χ4n) is 1.04. The summed E-state index contributed by atoms with van der Waals surface area (Å²) in [6.45, 7) is 7.04. The van der Waals surface area contributed by atoms with E-state index >= 15 is 0 Å². The van der Waals surface area contributed by atoms with Crippen LogP contribution in [0.2, 0.25) is 0 Å². The Hall–Kier alpha value is -0.830. The van der Waals surface area contributed by atoms with Crippen molar-refractivity contribution in [3.05, 3.63) is 17.8 Å². The lowest BCUT2D eigenvalue weighted by Crippen LogP contribution is -2.14. The second-order valence-electron chi connectivity index (χ2n) is 3.89. The Morgan fingerprint density at radius 3 is 2.77 bits per heavy atom. The molecule has 0 aliphatic rings. The summed E-state index contributed by atoms with van der Waals surface area (Å²) in [4.78, 5) is 4.17. The van der Waals surface area contributed by atoms with Crippen molar-refractivity contribution in [2.24, 2.45) is 5.73 Å². The van der Waals surface area contributed by atoms with Crippen LogP contribution < -0.4 is 5.73 Å². The molecule has 0 unspecified atom stereocenters. The second-order valence-corrected chi connectivity index (χ2v) is 3.89. The first-order chi connectivity index (χ1) is 6.10. The van der Waals surface area contributed by atoms with Gasteiger partial charge < -0.3 is 10.2 Å². The molecule has 0 bridgehead atoms. The molecule has 0 radical (unpaired) electrons. The molecule has 0 fully saturated rings. The van der Waals surface area contributed by atoms with Crippen LogP contribution in [0.15, 0.2) is 10.6 Å². The van der Waals surface area contributed by atoms with Crippen LogP contribution in [0.1, 0.15) is 38.8 Å². The quantitative estimate of drug-likeness (QED) is 0.773. The predicted molar refractivity (Wildman–Crippen MR) is 52.6 cm³/mol. The largest absolute Gasteiger partial charge is 0.445 e. The van der Waals surface area contributed by atoms with Gasteiger partial charge in [-0.1, -0.05) is 20.8 Å². The third-order valence-corrected chi connectivity index (χ3v) is 2.46. The molecule has 1 aromatic rings. The summed E-state index contributed by atoms with van der Waals surface area (Å²) >= 11 is 0. The molecular formula is C10H18N2O. The molecule has 0 amide bonds. The first-order valence-electron chi connectivity index (χ1n) is 4.75. The lowest BCUT2D eigenvalue weighted by molar-refractivity contribution is 0.356. The van der Waals surface area contributed by atoms with E-state index in [1.165, 1.54) is 0 Å². The highest BCUT2D eigenvalue weighted by Crippen LogP contribution is 2.26. The Morgan fingerprint density at radius 2 is 2.23 bits per heavy atom. The van der Waals surface area contributed by atoms with Crippen LogP contribution in [0.25, 0.3) is 0 Å². The Balaban J connectivity index is 2.79. The molecule has 0 atom stereocenters. The van der Waals surface area contributed by atoms with E-state index in [0.29, 0.717) is 6.54 Å². The molecule has 0 saturated carbocycles. The van der Waals surface area contributed by atoms with E-state index < -0.39 is 0 Å². The van der Waals surface area contributed by atoms with E-state index in [1.807, 2.05) is 6.20 Å². The highest BCUT2D eigenvalue weighted by molar-refractivity contribution is 5.07. The number of aromatic nitrogens is 1. The number of rotatable bonds is 4. The lowest BCUT2D eigenvalue weighted by Gasteiger charge is -2.18. The maximum Gasteiger partial charge on any atom is 0.195 e. The molecule has 0 aliphatic carbocycles. The lowest BCUT2D eigenvalue weighted by atomic mass is 9.88. The van der Waals surface area contributed by atoms with Crippen molar-refractivity contribution in [3.8, 4) is 0 Å². The van der Waals surface area contributed by atoms with Gasteiger partial charge in [0, 0.05) is 18.4 Å². The third-order valence-electron chi connectivity index (χ3n) is 2.46. The van der Waals surface area contributed by atoms with Gasteiger partial charge in [-0.25, -0.2) is 4.98 Å². The number of nitrogens with zero attached hydrogens (tertiary/aromatic N) is 1. The number of hydrogen-bond donors (Lipinski definition) is 1. The molecule has 3 nitrogen and oxygen atoms in total. The van der Waals surface area contributed by atoms with Gasteiger partial charge in [0.15, 0.2) is 5.89 Å². The minimum atomic E-state index is 0.0832. The van der Waals surface area contributed by atoms with Crippen LogP contribution in [0, 0.1) is 0 Å². The highest BCUT2D eigenvalue weighted by Gasteiger charge is 2.22. The average molecular weight is 182 g/mol. The minimum Gasteiger partial charge on any atom is -0.445 e. The van der Waals surface area contributed by atoms with E-state index in [1.54, 1.807) is 0 Å². The molecule has 1 aromatic heterocycles. The van der Waals surface area contributed by atoms with Crippen molar-refractivity contribution in [1.82, 2.24) is 4.98 Å². The molecule has 0 spiro atoms. The van der Waals surface area contributed by atoms with Crippen molar-refractivity contribution in [1.29, 1.82) is 0 Å². The van der Waals surface area contributed by atoms with E-state index in [4.69, 9.17) is 10.2 Å². The van der Waals surface area contributed by atoms with Crippen LogP contribution in [-0.4, -0.2) is 11.5 Å². The normalized spacial score (nSPS) is 12.0. The molecule has 1 heterocycles. The topological polar surface area (TPSA) is 52.0 Å². The zero-order valence-corrected chi connectivity index (χ0v) is 8.63. The monoisotopic (exact) mass is 182 g/mol. The minimum absolute atomic E-state index is 0.0832. The van der Waals surface area contributed by atoms with E-state index in [-0.39, 0.29) is 5.41 Å². The number of hydrogen-bond acceptors (Lipinski definition) is 3. The van der Waals surface area contributed by atoms with Crippen LogP contribution >= 0.6 is 0 Å². The first kappa shape index (κ1) is 10.3. The third kappa shape index (κ3) is 2.31. The molecule has 13 heavy (non-hydrogen) atoms. The van der Waals surface area contributed by atoms with E-state index in [9.17, 15) is 0 Å². The van der Waals surface area contributed by atoms with Gasteiger partial charge in [-0.05, 0) is 6.42 Å². The Bertz CT molecular complexity index is 266. The molecular weight excluding hydrogens is 164 g/mol. The van der Waals surface area contributed by atoms with Gasteiger partial charge in [0.2, 0.25) is 0 Å². The van der Waals surface area contributed by atoms with Gasteiger partial charge in [-0.2, -0.15) is 0 Å². The SMILES string of the molecule is CCC(C)(C)c1cnc(CCN)o1. The summed E-state index contributed by atoms with van der Waals surface area (Å²) in [7, 11) is 0. The number of nitrogens with two attached hydrogens (primary N) is 1. The summed E-state index contributed by atoms with van der Waals surface area (Å²) in [5, 5.41) is 0. The Morgan fingerprint density at radius 1 is 1.54 bits per heavy atom. The van der Waals surface area contributed by atoms with Gasteiger partial charge in [-0.3, -0.25) is 0 Å². The predicted octanol–water partition coefficient (Wildman–Crippen LogP) is 1.86. The van der Waals surface area contributed by atoms with Gasteiger partial charge in [0.25, 0.3) is 0 Å². The second kappa shape index (κ2) is 3.92. The summed E-state index contributed by atoms with van der Waals surface area (Å²) < 4.78 is 5.59. The van der Waals surface area contributed by atoms with Gasteiger partial charge >= 0.3 is 0 Å². The Labute approximate surface area is 79.3 Å². The van der Waals surface area contributed by atoms with Crippen LogP contribution in [0.3, 0.4) is 0 Å². The average Bonchev–Trinajstić information content (AvgIpc) is 2.54.